The molecule has 0 saturated heterocycles. The molecule has 0 amide bonds. The lowest BCUT2D eigenvalue weighted by atomic mass is 10.1. The zero-order valence-corrected chi connectivity index (χ0v) is 13.6. The number of hydrogen-bond donors (Lipinski definition) is 2. The number of fused-ring (bicyclic) bond motifs is 2. The Bertz CT molecular complexity index is 637. The normalized spacial score (nSPS) is 14.1. The average molecular weight is 298 g/mol. The zero-order chi connectivity index (χ0) is 14.8. The van der Waals surface area contributed by atoms with Crippen LogP contribution in [0.4, 0.5) is 17.1 Å². The molecule has 21 heavy (non-hydrogen) atoms. The van der Waals surface area contributed by atoms with Crippen molar-refractivity contribution in [1.82, 2.24) is 0 Å². The van der Waals surface area contributed by atoms with Crippen molar-refractivity contribution >= 4 is 28.8 Å². The van der Waals surface area contributed by atoms with E-state index in [4.69, 9.17) is 0 Å². The van der Waals surface area contributed by atoms with Gasteiger partial charge in [0.05, 0.1) is 11.4 Å². The summed E-state index contributed by atoms with van der Waals surface area (Å²) in [5, 5.41) is 7.11. The first kappa shape index (κ1) is 14.3. The number of hydrogen-bond acceptors (Lipinski definition) is 3. The van der Waals surface area contributed by atoms with Crippen molar-refractivity contribution in [1.29, 1.82) is 0 Å². The maximum atomic E-state index is 3.61. The van der Waals surface area contributed by atoms with E-state index in [0.29, 0.717) is 12.0 Å². The van der Waals surface area contributed by atoms with E-state index in [1.807, 2.05) is 11.8 Å². The fourth-order valence-corrected chi connectivity index (χ4v) is 3.80. The molecule has 2 aromatic rings. The fraction of sp³-hybridized carbons (Fsp3) is 0.333. The molecule has 0 radical (unpaired) electrons. The SMILES string of the molecule is CC(C)CC(C)Nc1ccc2c(c1)Sc1ccccc1N2. The minimum Gasteiger partial charge on any atom is -0.383 e. The van der Waals surface area contributed by atoms with Gasteiger partial charge in [0.1, 0.15) is 0 Å². The van der Waals surface area contributed by atoms with Gasteiger partial charge in [0.25, 0.3) is 0 Å². The Hall–Kier alpha value is -1.61. The van der Waals surface area contributed by atoms with E-state index in [9.17, 15) is 0 Å². The molecule has 3 rings (SSSR count). The number of nitrogens with one attached hydrogen (secondary N) is 2. The van der Waals surface area contributed by atoms with E-state index in [1.54, 1.807) is 0 Å². The van der Waals surface area contributed by atoms with E-state index < -0.39 is 0 Å². The minimum absolute atomic E-state index is 0.497. The summed E-state index contributed by atoms with van der Waals surface area (Å²) < 4.78 is 0. The molecule has 1 unspecified atom stereocenters. The van der Waals surface area contributed by atoms with Gasteiger partial charge >= 0.3 is 0 Å². The Morgan fingerprint density at radius 2 is 1.76 bits per heavy atom. The molecule has 2 N–H and O–H groups in total. The van der Waals surface area contributed by atoms with Crippen molar-refractivity contribution in [2.45, 2.75) is 43.0 Å². The molecular formula is C18H22N2S. The molecule has 0 saturated carbocycles. The molecular weight excluding hydrogens is 276 g/mol. The monoisotopic (exact) mass is 298 g/mol. The van der Waals surface area contributed by atoms with Gasteiger partial charge in [-0.05, 0) is 49.6 Å². The highest BCUT2D eigenvalue weighted by Crippen LogP contribution is 2.44. The zero-order valence-electron chi connectivity index (χ0n) is 12.8. The molecule has 1 heterocycles. The molecule has 0 bridgehead atoms. The molecule has 0 aromatic heterocycles. The van der Waals surface area contributed by atoms with E-state index in [0.717, 1.165) is 0 Å². The summed E-state index contributed by atoms with van der Waals surface area (Å²) in [6.07, 6.45) is 1.19. The lowest BCUT2D eigenvalue weighted by Gasteiger charge is -2.23. The predicted molar refractivity (Wildman–Crippen MR) is 92.8 cm³/mol. The van der Waals surface area contributed by atoms with Gasteiger partial charge in [-0.25, -0.2) is 0 Å². The van der Waals surface area contributed by atoms with Gasteiger partial charge in [-0.15, -0.1) is 0 Å². The standard InChI is InChI=1S/C18H22N2S/c1-12(2)10-13(3)19-14-8-9-16-18(11-14)21-17-7-5-4-6-15(17)20-16/h4-9,11-13,19-20H,10H2,1-3H3. The molecule has 0 aliphatic carbocycles. The first-order valence-electron chi connectivity index (χ1n) is 7.56. The Labute approximate surface area is 131 Å². The van der Waals surface area contributed by atoms with Crippen LogP contribution in [-0.2, 0) is 0 Å². The average Bonchev–Trinajstić information content (AvgIpc) is 2.44. The van der Waals surface area contributed by atoms with E-state index >= 15 is 0 Å². The van der Waals surface area contributed by atoms with Gasteiger partial charge in [0, 0.05) is 21.5 Å². The molecule has 3 heteroatoms. The van der Waals surface area contributed by atoms with Crippen LogP contribution in [0.2, 0.25) is 0 Å². The first-order valence-corrected chi connectivity index (χ1v) is 8.38. The smallest absolute Gasteiger partial charge is 0.0527 e. The van der Waals surface area contributed by atoms with E-state index in [2.05, 4.69) is 73.9 Å². The highest BCUT2D eigenvalue weighted by atomic mass is 32.2. The first-order chi connectivity index (χ1) is 10.1. The highest BCUT2D eigenvalue weighted by molar-refractivity contribution is 7.99. The Balaban J connectivity index is 1.77. The summed E-state index contributed by atoms with van der Waals surface area (Å²) in [5.41, 5.74) is 3.60. The van der Waals surface area contributed by atoms with Gasteiger partial charge < -0.3 is 10.6 Å². The highest BCUT2D eigenvalue weighted by Gasteiger charge is 2.15. The van der Waals surface area contributed by atoms with Crippen LogP contribution < -0.4 is 10.6 Å². The Morgan fingerprint density at radius 1 is 1.00 bits per heavy atom. The molecule has 2 aromatic carbocycles. The fourth-order valence-electron chi connectivity index (χ4n) is 2.77. The topological polar surface area (TPSA) is 24.1 Å². The second kappa shape index (κ2) is 6.02. The molecule has 1 aliphatic rings. The van der Waals surface area contributed by atoms with Gasteiger partial charge in [-0.2, -0.15) is 0 Å². The van der Waals surface area contributed by atoms with Crippen LogP contribution in [0.5, 0.6) is 0 Å². The van der Waals surface area contributed by atoms with Crippen LogP contribution in [0.25, 0.3) is 0 Å². The Morgan fingerprint density at radius 3 is 2.57 bits per heavy atom. The lowest BCUT2D eigenvalue weighted by Crippen LogP contribution is -2.17. The van der Waals surface area contributed by atoms with Crippen molar-refractivity contribution in [2.24, 2.45) is 5.92 Å². The maximum absolute atomic E-state index is 3.61. The second-order valence-electron chi connectivity index (χ2n) is 6.11. The molecule has 0 spiro atoms. The summed E-state index contributed by atoms with van der Waals surface area (Å²) >= 11 is 1.84. The van der Waals surface area contributed by atoms with Gasteiger partial charge in [0.2, 0.25) is 0 Å². The number of benzene rings is 2. The molecule has 1 atom stereocenters. The van der Waals surface area contributed by atoms with E-state index in [-0.39, 0.29) is 0 Å². The van der Waals surface area contributed by atoms with Crippen LogP contribution in [0.15, 0.2) is 52.3 Å². The van der Waals surface area contributed by atoms with Crippen LogP contribution in [0, 0.1) is 5.92 Å². The predicted octanol–water partition coefficient (Wildman–Crippen LogP) is 5.74. The van der Waals surface area contributed by atoms with Crippen LogP contribution in [0.3, 0.4) is 0 Å². The lowest BCUT2D eigenvalue weighted by molar-refractivity contribution is 0.540. The van der Waals surface area contributed by atoms with Crippen molar-refractivity contribution in [3.63, 3.8) is 0 Å². The third-order valence-electron chi connectivity index (χ3n) is 3.60. The van der Waals surface area contributed by atoms with Gasteiger partial charge in [0.15, 0.2) is 0 Å². The molecule has 110 valence electrons. The molecule has 1 aliphatic heterocycles. The molecule has 0 fully saturated rings. The summed E-state index contributed by atoms with van der Waals surface area (Å²) in [7, 11) is 0. The van der Waals surface area contributed by atoms with Crippen molar-refractivity contribution in [2.75, 3.05) is 10.6 Å². The van der Waals surface area contributed by atoms with E-state index in [1.165, 1.54) is 33.3 Å². The Kier molecular flexibility index (Phi) is 4.11. The third kappa shape index (κ3) is 3.35. The van der Waals surface area contributed by atoms with Crippen LogP contribution in [-0.4, -0.2) is 6.04 Å². The summed E-state index contributed by atoms with van der Waals surface area (Å²) in [6, 6.07) is 15.5. The third-order valence-corrected chi connectivity index (χ3v) is 4.73. The quantitative estimate of drug-likeness (QED) is 0.642. The molecule has 2 nitrogen and oxygen atoms in total. The van der Waals surface area contributed by atoms with Crippen molar-refractivity contribution in [3.8, 4) is 0 Å². The van der Waals surface area contributed by atoms with Crippen molar-refractivity contribution < 1.29 is 0 Å². The second-order valence-corrected chi connectivity index (χ2v) is 7.19. The van der Waals surface area contributed by atoms with Gasteiger partial charge in [-0.3, -0.25) is 0 Å². The maximum Gasteiger partial charge on any atom is 0.0527 e. The summed E-state index contributed by atoms with van der Waals surface area (Å²) in [4.78, 5) is 2.58. The minimum atomic E-state index is 0.497. The van der Waals surface area contributed by atoms with Crippen LogP contribution in [0.1, 0.15) is 27.2 Å². The number of anilines is 3. The summed E-state index contributed by atoms with van der Waals surface area (Å²) in [6.45, 7) is 6.78. The number of rotatable bonds is 4. The number of para-hydroxylation sites is 1. The van der Waals surface area contributed by atoms with Crippen molar-refractivity contribution in [3.05, 3.63) is 42.5 Å². The summed E-state index contributed by atoms with van der Waals surface area (Å²) in [5.74, 6) is 0.716. The van der Waals surface area contributed by atoms with Crippen LogP contribution >= 0.6 is 11.8 Å². The van der Waals surface area contributed by atoms with Gasteiger partial charge in [-0.1, -0.05) is 37.7 Å². The largest absolute Gasteiger partial charge is 0.383 e.